The summed E-state index contributed by atoms with van der Waals surface area (Å²) in [4.78, 5) is 15.4. The highest BCUT2D eigenvalue weighted by molar-refractivity contribution is 7.09. The fourth-order valence-corrected chi connectivity index (χ4v) is 2.27. The van der Waals surface area contributed by atoms with Crippen molar-refractivity contribution < 1.29 is 4.79 Å². The Morgan fingerprint density at radius 1 is 1.44 bits per heavy atom. The largest absolute Gasteiger partial charge is 0.334 e. The summed E-state index contributed by atoms with van der Waals surface area (Å²) in [6.45, 7) is 11.4. The second kappa shape index (κ2) is 6.34. The molecule has 0 aliphatic carbocycles. The van der Waals surface area contributed by atoms with Crippen LogP contribution in [0.5, 0.6) is 0 Å². The standard InChI is InChI=1S/C14H24N2OS/c1-11(2)16(10-12-7-6-8-18-12)13(17)9-15-14(3,4)5/h6-8,11,15H,9-10H2,1-5H3. The molecule has 1 N–H and O–H groups in total. The maximum Gasteiger partial charge on any atom is 0.237 e. The Hall–Kier alpha value is -0.870. The smallest absolute Gasteiger partial charge is 0.237 e. The predicted octanol–water partition coefficient (Wildman–Crippen LogP) is 2.87. The summed E-state index contributed by atoms with van der Waals surface area (Å²) in [7, 11) is 0. The number of amides is 1. The van der Waals surface area contributed by atoms with E-state index in [0.29, 0.717) is 13.1 Å². The molecular weight excluding hydrogens is 244 g/mol. The van der Waals surface area contributed by atoms with Gasteiger partial charge in [-0.1, -0.05) is 6.07 Å². The molecule has 0 unspecified atom stereocenters. The van der Waals surface area contributed by atoms with Gasteiger partial charge in [0.05, 0.1) is 13.1 Å². The summed E-state index contributed by atoms with van der Waals surface area (Å²) in [6, 6.07) is 4.32. The van der Waals surface area contributed by atoms with E-state index in [2.05, 4.69) is 46.0 Å². The number of carbonyl (C=O) groups excluding carboxylic acids is 1. The second-order valence-corrected chi connectivity index (χ2v) is 6.83. The molecule has 4 heteroatoms. The van der Waals surface area contributed by atoms with Crippen LogP contribution in [-0.4, -0.2) is 28.9 Å². The third-order valence-corrected chi connectivity index (χ3v) is 3.48. The highest BCUT2D eigenvalue weighted by Crippen LogP contribution is 2.14. The van der Waals surface area contributed by atoms with Crippen LogP contribution in [0.1, 0.15) is 39.5 Å². The molecule has 0 saturated carbocycles. The van der Waals surface area contributed by atoms with Crippen LogP contribution in [0.15, 0.2) is 17.5 Å². The molecule has 0 spiro atoms. The minimum absolute atomic E-state index is 0.0265. The van der Waals surface area contributed by atoms with E-state index in [1.165, 1.54) is 4.88 Å². The average Bonchev–Trinajstić information content (AvgIpc) is 2.73. The molecule has 1 heterocycles. The Labute approximate surface area is 114 Å². The molecule has 1 aromatic rings. The molecule has 102 valence electrons. The van der Waals surface area contributed by atoms with E-state index in [1.807, 2.05) is 16.3 Å². The van der Waals surface area contributed by atoms with Crippen molar-refractivity contribution >= 4 is 17.2 Å². The van der Waals surface area contributed by atoms with Crippen molar-refractivity contribution in [1.29, 1.82) is 0 Å². The average molecular weight is 268 g/mol. The molecule has 1 aromatic heterocycles. The topological polar surface area (TPSA) is 32.3 Å². The van der Waals surface area contributed by atoms with Crippen molar-refractivity contribution in [2.24, 2.45) is 0 Å². The van der Waals surface area contributed by atoms with Gasteiger partial charge in [0.1, 0.15) is 0 Å². The van der Waals surface area contributed by atoms with Gasteiger partial charge in [-0.25, -0.2) is 0 Å². The summed E-state index contributed by atoms with van der Waals surface area (Å²) < 4.78 is 0. The lowest BCUT2D eigenvalue weighted by Crippen LogP contribution is -2.46. The number of carbonyl (C=O) groups is 1. The van der Waals surface area contributed by atoms with Gasteiger partial charge in [0.2, 0.25) is 5.91 Å². The summed E-state index contributed by atoms with van der Waals surface area (Å²) >= 11 is 1.70. The van der Waals surface area contributed by atoms with Crippen molar-refractivity contribution in [1.82, 2.24) is 10.2 Å². The van der Waals surface area contributed by atoms with Gasteiger partial charge < -0.3 is 10.2 Å². The lowest BCUT2D eigenvalue weighted by atomic mass is 10.1. The van der Waals surface area contributed by atoms with E-state index in [1.54, 1.807) is 11.3 Å². The Bertz CT molecular complexity index is 366. The van der Waals surface area contributed by atoms with E-state index in [4.69, 9.17) is 0 Å². The van der Waals surface area contributed by atoms with Crippen LogP contribution in [0.2, 0.25) is 0 Å². The van der Waals surface area contributed by atoms with Crippen LogP contribution in [0.25, 0.3) is 0 Å². The Balaban J connectivity index is 2.59. The van der Waals surface area contributed by atoms with E-state index < -0.39 is 0 Å². The first kappa shape index (κ1) is 15.2. The molecule has 0 aliphatic rings. The van der Waals surface area contributed by atoms with Crippen molar-refractivity contribution in [3.63, 3.8) is 0 Å². The number of nitrogens with zero attached hydrogens (tertiary/aromatic N) is 1. The number of thiophene rings is 1. The maximum atomic E-state index is 12.2. The third-order valence-electron chi connectivity index (χ3n) is 2.62. The molecule has 1 amide bonds. The van der Waals surface area contributed by atoms with Gasteiger partial charge in [-0.05, 0) is 46.1 Å². The summed E-state index contributed by atoms with van der Waals surface area (Å²) in [6.07, 6.45) is 0. The first-order valence-corrected chi connectivity index (χ1v) is 7.24. The van der Waals surface area contributed by atoms with Gasteiger partial charge in [0.15, 0.2) is 0 Å². The van der Waals surface area contributed by atoms with E-state index in [-0.39, 0.29) is 17.5 Å². The fraction of sp³-hybridized carbons (Fsp3) is 0.643. The minimum atomic E-state index is -0.0265. The van der Waals surface area contributed by atoms with Crippen molar-refractivity contribution in [2.75, 3.05) is 6.54 Å². The Morgan fingerprint density at radius 2 is 2.11 bits per heavy atom. The normalized spacial score (nSPS) is 11.9. The van der Waals surface area contributed by atoms with Crippen molar-refractivity contribution in [3.05, 3.63) is 22.4 Å². The van der Waals surface area contributed by atoms with Crippen molar-refractivity contribution in [3.8, 4) is 0 Å². The quantitative estimate of drug-likeness (QED) is 0.890. The predicted molar refractivity (Wildman–Crippen MR) is 77.8 cm³/mol. The molecule has 1 rings (SSSR count). The SMILES string of the molecule is CC(C)N(Cc1cccs1)C(=O)CNC(C)(C)C. The van der Waals surface area contributed by atoms with Gasteiger partial charge in [-0.3, -0.25) is 4.79 Å². The van der Waals surface area contributed by atoms with Gasteiger partial charge >= 0.3 is 0 Å². The highest BCUT2D eigenvalue weighted by Gasteiger charge is 2.19. The van der Waals surface area contributed by atoms with Gasteiger partial charge in [-0.2, -0.15) is 0 Å². The molecule has 0 atom stereocenters. The monoisotopic (exact) mass is 268 g/mol. The maximum absolute atomic E-state index is 12.2. The highest BCUT2D eigenvalue weighted by atomic mass is 32.1. The third kappa shape index (κ3) is 5.19. The molecular formula is C14H24N2OS. The summed E-state index contributed by atoms with van der Waals surface area (Å²) in [5.74, 6) is 0.160. The van der Waals surface area contributed by atoms with Crippen LogP contribution in [0.4, 0.5) is 0 Å². The molecule has 0 bridgehead atoms. The lowest BCUT2D eigenvalue weighted by Gasteiger charge is -2.28. The lowest BCUT2D eigenvalue weighted by molar-refractivity contribution is -0.132. The number of rotatable bonds is 5. The van der Waals surface area contributed by atoms with Crippen LogP contribution in [0.3, 0.4) is 0 Å². The summed E-state index contributed by atoms with van der Waals surface area (Å²) in [5, 5.41) is 5.30. The second-order valence-electron chi connectivity index (χ2n) is 5.80. The van der Waals surface area contributed by atoms with Crippen molar-refractivity contribution in [2.45, 2.75) is 52.7 Å². The van der Waals surface area contributed by atoms with Crippen LogP contribution in [0, 0.1) is 0 Å². The Kier molecular flexibility index (Phi) is 5.35. The first-order valence-electron chi connectivity index (χ1n) is 6.36. The van der Waals surface area contributed by atoms with E-state index in [0.717, 1.165) is 0 Å². The molecule has 0 aliphatic heterocycles. The van der Waals surface area contributed by atoms with Gasteiger partial charge in [0, 0.05) is 16.5 Å². The first-order chi connectivity index (χ1) is 8.29. The van der Waals surface area contributed by atoms with Crippen LogP contribution >= 0.6 is 11.3 Å². The molecule has 18 heavy (non-hydrogen) atoms. The van der Waals surface area contributed by atoms with E-state index >= 15 is 0 Å². The summed E-state index contributed by atoms with van der Waals surface area (Å²) in [5.41, 5.74) is -0.0265. The molecule has 0 saturated heterocycles. The molecule has 0 aromatic carbocycles. The number of hydrogen-bond acceptors (Lipinski definition) is 3. The number of hydrogen-bond donors (Lipinski definition) is 1. The zero-order chi connectivity index (χ0) is 13.8. The fourth-order valence-electron chi connectivity index (χ4n) is 1.57. The van der Waals surface area contributed by atoms with E-state index in [9.17, 15) is 4.79 Å². The Morgan fingerprint density at radius 3 is 2.56 bits per heavy atom. The minimum Gasteiger partial charge on any atom is -0.334 e. The van der Waals surface area contributed by atoms with Gasteiger partial charge in [-0.15, -0.1) is 11.3 Å². The molecule has 0 fully saturated rings. The van der Waals surface area contributed by atoms with Crippen LogP contribution in [-0.2, 0) is 11.3 Å². The van der Waals surface area contributed by atoms with Gasteiger partial charge in [0.25, 0.3) is 0 Å². The van der Waals surface area contributed by atoms with Crippen LogP contribution < -0.4 is 5.32 Å². The zero-order valence-corrected chi connectivity index (χ0v) is 12.8. The zero-order valence-electron chi connectivity index (χ0n) is 12.0. The molecule has 3 nitrogen and oxygen atoms in total. The molecule has 0 radical (unpaired) electrons. The number of nitrogens with one attached hydrogen (secondary N) is 1.